The Bertz CT molecular complexity index is 8.04. The Morgan fingerprint density at radius 1 is 0.857 bits per heavy atom. The van der Waals surface area contributed by atoms with Crippen molar-refractivity contribution in [2.24, 2.45) is 0 Å². The summed E-state index contributed by atoms with van der Waals surface area (Å²) in [6, 6.07) is 0. The van der Waals surface area contributed by atoms with Gasteiger partial charge in [-0.1, -0.05) is 28.9 Å². The minimum absolute atomic E-state index is 0. The quantitative estimate of drug-likeness (QED) is 0.477. The van der Waals surface area contributed by atoms with E-state index < -0.39 is 0 Å². The van der Waals surface area contributed by atoms with E-state index in [4.69, 9.17) is 0 Å². The van der Waals surface area contributed by atoms with Crippen molar-refractivity contribution >= 4 is 9.24 Å². The molecule has 0 nitrogen and oxygen atoms in total. The third-order valence-corrected chi connectivity index (χ3v) is 0. The molecule has 0 amide bonds. The zero-order valence-electron chi connectivity index (χ0n) is 2.91. The predicted molar refractivity (Wildman–Crippen MR) is 42.2 cm³/mol. The van der Waals surface area contributed by atoms with Crippen molar-refractivity contribution in [3.05, 3.63) is 7.43 Å². The summed E-state index contributed by atoms with van der Waals surface area (Å²) < 4.78 is 0. The molecule has 0 N–H and O–H groups in total. The molecule has 0 aromatic heterocycles. The summed E-state index contributed by atoms with van der Waals surface area (Å²) in [7, 11) is 2.42. The fourth-order valence-electron chi connectivity index (χ4n) is 0. The average molecular weight is 303 g/mol. The SMILES string of the molecule is C.C.C.CP.[CH3-].[Ir]. The molecule has 1 unspecified atom stereocenters. The summed E-state index contributed by atoms with van der Waals surface area (Å²) in [5.74, 6) is 0. The van der Waals surface area contributed by atoms with E-state index in [2.05, 4.69) is 9.24 Å². The van der Waals surface area contributed by atoms with Crippen LogP contribution in [0.15, 0.2) is 0 Å². The van der Waals surface area contributed by atoms with Crippen molar-refractivity contribution < 1.29 is 20.1 Å². The normalized spacial score (nSPS) is 0.857. The molecule has 0 spiro atoms. The first-order valence-electron chi connectivity index (χ1n) is 0.577. The Labute approximate surface area is 66.0 Å². The van der Waals surface area contributed by atoms with Gasteiger partial charge in [0.25, 0.3) is 0 Å². The van der Waals surface area contributed by atoms with Crippen LogP contribution >= 0.6 is 9.24 Å². The van der Waals surface area contributed by atoms with Crippen LogP contribution < -0.4 is 0 Å². The van der Waals surface area contributed by atoms with Gasteiger partial charge in [-0.15, -0.1) is 9.24 Å². The second kappa shape index (κ2) is 225. The van der Waals surface area contributed by atoms with E-state index in [9.17, 15) is 0 Å². The Morgan fingerprint density at radius 2 is 0.857 bits per heavy atom. The van der Waals surface area contributed by atoms with Gasteiger partial charge < -0.3 is 7.43 Å². The molecular formula is C5H20IrP-. The minimum Gasteiger partial charge on any atom is -0.358 e. The monoisotopic (exact) mass is 304 g/mol. The van der Waals surface area contributed by atoms with E-state index in [0.29, 0.717) is 0 Å². The maximum Gasteiger partial charge on any atom is 0 e. The fourth-order valence-corrected chi connectivity index (χ4v) is 0. The van der Waals surface area contributed by atoms with Gasteiger partial charge in [0.2, 0.25) is 0 Å². The Morgan fingerprint density at radius 3 is 0.857 bits per heavy atom. The van der Waals surface area contributed by atoms with E-state index in [1.807, 2.05) is 6.66 Å². The molecule has 0 heterocycles. The van der Waals surface area contributed by atoms with Gasteiger partial charge in [0.05, 0.1) is 0 Å². The molecule has 1 atom stereocenters. The molecule has 55 valence electrons. The number of hydrogen-bond donors (Lipinski definition) is 0. The van der Waals surface area contributed by atoms with Crippen LogP contribution in [0.1, 0.15) is 22.3 Å². The topological polar surface area (TPSA) is 0 Å². The molecule has 0 aromatic carbocycles. The van der Waals surface area contributed by atoms with E-state index in [-0.39, 0.29) is 49.8 Å². The molecule has 0 aromatic rings. The van der Waals surface area contributed by atoms with Gasteiger partial charge in [-0.25, -0.2) is 0 Å². The molecule has 0 fully saturated rings. The third kappa shape index (κ3) is 157. The average Bonchev–Trinajstić information content (AvgIpc) is 1.00. The van der Waals surface area contributed by atoms with Crippen molar-refractivity contribution in [3.63, 3.8) is 0 Å². The molecule has 1 radical (unpaired) electrons. The van der Waals surface area contributed by atoms with Crippen LogP contribution in [0.5, 0.6) is 0 Å². The maximum atomic E-state index is 2.42. The largest absolute Gasteiger partial charge is 0.358 e. The summed E-state index contributed by atoms with van der Waals surface area (Å²) in [6.45, 7) is 1.92. The standard InChI is InChI=1S/CH5P.3CH4.CH3.Ir/c1-2;;;;;/h2H2,1H3;3*1H4;1H3;/q;;;;-1;. The van der Waals surface area contributed by atoms with Crippen LogP contribution in [0.4, 0.5) is 0 Å². The van der Waals surface area contributed by atoms with Crippen LogP contribution in [-0.2, 0) is 20.1 Å². The van der Waals surface area contributed by atoms with Crippen molar-refractivity contribution in [1.29, 1.82) is 0 Å². The smallest absolute Gasteiger partial charge is 0 e. The zero-order valence-corrected chi connectivity index (χ0v) is 6.46. The first-order valence-corrected chi connectivity index (χ1v) is 1.73. The second-order valence-corrected chi connectivity index (χ2v) is 0. The second-order valence-electron chi connectivity index (χ2n) is 0. The van der Waals surface area contributed by atoms with Crippen LogP contribution in [0.25, 0.3) is 0 Å². The molecule has 0 aliphatic rings. The number of hydrogen-bond acceptors (Lipinski definition) is 0. The van der Waals surface area contributed by atoms with Gasteiger partial charge in [-0.3, -0.25) is 0 Å². The van der Waals surface area contributed by atoms with E-state index >= 15 is 0 Å². The summed E-state index contributed by atoms with van der Waals surface area (Å²) in [5.41, 5.74) is 0. The maximum absolute atomic E-state index is 2.42. The van der Waals surface area contributed by atoms with Crippen LogP contribution in [0.3, 0.4) is 0 Å². The van der Waals surface area contributed by atoms with Gasteiger partial charge in [-0.05, 0) is 0 Å². The molecule has 0 saturated heterocycles. The van der Waals surface area contributed by atoms with Crippen molar-refractivity contribution in [3.8, 4) is 0 Å². The Balaban J connectivity index is -0.000000000500. The van der Waals surface area contributed by atoms with Gasteiger partial charge in [0, 0.05) is 20.1 Å². The van der Waals surface area contributed by atoms with Crippen LogP contribution in [0.2, 0.25) is 0 Å². The summed E-state index contributed by atoms with van der Waals surface area (Å²) in [6.07, 6.45) is 0. The van der Waals surface area contributed by atoms with Gasteiger partial charge in [0.15, 0.2) is 0 Å². The first kappa shape index (κ1) is 93.7. The van der Waals surface area contributed by atoms with E-state index in [0.717, 1.165) is 0 Å². The van der Waals surface area contributed by atoms with E-state index in [1.54, 1.807) is 0 Å². The molecule has 0 aliphatic heterocycles. The molecular weight excluding hydrogens is 283 g/mol. The Kier molecular flexibility index (Phi) is 3000. The van der Waals surface area contributed by atoms with Crippen LogP contribution in [-0.4, -0.2) is 6.66 Å². The fraction of sp³-hybridized carbons (Fsp3) is 0.800. The van der Waals surface area contributed by atoms with Crippen molar-refractivity contribution in [2.75, 3.05) is 6.66 Å². The first-order chi connectivity index (χ1) is 1.00. The minimum atomic E-state index is 0. The van der Waals surface area contributed by atoms with Crippen molar-refractivity contribution in [2.45, 2.75) is 22.3 Å². The van der Waals surface area contributed by atoms with Crippen LogP contribution in [0, 0.1) is 7.43 Å². The number of rotatable bonds is 0. The Hall–Kier alpha value is 1.08. The summed E-state index contributed by atoms with van der Waals surface area (Å²) in [4.78, 5) is 0. The van der Waals surface area contributed by atoms with E-state index in [1.165, 1.54) is 0 Å². The summed E-state index contributed by atoms with van der Waals surface area (Å²) in [5, 5.41) is 0. The predicted octanol–water partition coefficient (Wildman–Crippen LogP) is 2.85. The van der Waals surface area contributed by atoms with Crippen molar-refractivity contribution in [1.82, 2.24) is 0 Å². The summed E-state index contributed by atoms with van der Waals surface area (Å²) >= 11 is 0. The van der Waals surface area contributed by atoms with Gasteiger partial charge in [0.1, 0.15) is 0 Å². The molecule has 0 rings (SSSR count). The molecule has 0 bridgehead atoms. The third-order valence-electron chi connectivity index (χ3n) is 0. The van der Waals surface area contributed by atoms with Gasteiger partial charge >= 0.3 is 0 Å². The molecule has 7 heavy (non-hydrogen) atoms. The molecule has 2 heteroatoms. The molecule has 0 saturated carbocycles. The molecule has 0 aliphatic carbocycles. The zero-order chi connectivity index (χ0) is 2.00. The van der Waals surface area contributed by atoms with Gasteiger partial charge in [-0.2, -0.15) is 0 Å².